The van der Waals surface area contributed by atoms with Crippen LogP contribution in [0.2, 0.25) is 0 Å². The average Bonchev–Trinajstić information content (AvgIpc) is 2.48. The van der Waals surface area contributed by atoms with Crippen LogP contribution in [0.3, 0.4) is 0 Å². The summed E-state index contributed by atoms with van der Waals surface area (Å²) in [5.41, 5.74) is 6.58. The largest absolute Gasteiger partial charge is 0.466 e. The standard InChI is InChI=1S/C14H21N3O2/c1-2-19-14(18)12-4-3-7-17(10-12)13-6-5-11(8-15)9-16-13/h5-6,9,12H,2-4,7-8,10,15H2,1H3. The summed E-state index contributed by atoms with van der Waals surface area (Å²) in [4.78, 5) is 18.3. The van der Waals surface area contributed by atoms with Gasteiger partial charge in [-0.15, -0.1) is 0 Å². The van der Waals surface area contributed by atoms with E-state index in [1.165, 1.54) is 0 Å². The molecule has 5 nitrogen and oxygen atoms in total. The molecule has 1 aromatic heterocycles. The number of rotatable bonds is 4. The van der Waals surface area contributed by atoms with Crippen molar-refractivity contribution in [2.24, 2.45) is 11.7 Å². The topological polar surface area (TPSA) is 68.5 Å². The van der Waals surface area contributed by atoms with Crippen molar-refractivity contribution < 1.29 is 9.53 Å². The Morgan fingerprint density at radius 2 is 2.42 bits per heavy atom. The Labute approximate surface area is 113 Å². The molecule has 2 rings (SSSR count). The van der Waals surface area contributed by atoms with Crippen molar-refractivity contribution in [2.75, 3.05) is 24.6 Å². The smallest absolute Gasteiger partial charge is 0.310 e. The van der Waals surface area contributed by atoms with Gasteiger partial charge in [-0.1, -0.05) is 6.07 Å². The minimum absolute atomic E-state index is 0.0373. The Kier molecular flexibility index (Phi) is 4.74. The number of nitrogens with zero attached hydrogens (tertiary/aromatic N) is 2. The van der Waals surface area contributed by atoms with Crippen LogP contribution in [0, 0.1) is 5.92 Å². The highest BCUT2D eigenvalue weighted by Crippen LogP contribution is 2.22. The summed E-state index contributed by atoms with van der Waals surface area (Å²) in [7, 11) is 0. The summed E-state index contributed by atoms with van der Waals surface area (Å²) in [6.07, 6.45) is 3.68. The predicted octanol–water partition coefficient (Wildman–Crippen LogP) is 1.32. The van der Waals surface area contributed by atoms with Gasteiger partial charge in [-0.05, 0) is 31.4 Å². The van der Waals surface area contributed by atoms with Gasteiger partial charge in [-0.2, -0.15) is 0 Å². The summed E-state index contributed by atoms with van der Waals surface area (Å²) < 4.78 is 5.10. The Hall–Kier alpha value is -1.62. The number of piperidine rings is 1. The second kappa shape index (κ2) is 6.52. The normalized spacial score (nSPS) is 19.3. The van der Waals surface area contributed by atoms with E-state index in [1.807, 2.05) is 19.1 Å². The fraction of sp³-hybridized carbons (Fsp3) is 0.571. The quantitative estimate of drug-likeness (QED) is 0.830. The van der Waals surface area contributed by atoms with E-state index in [9.17, 15) is 4.79 Å². The summed E-state index contributed by atoms with van der Waals surface area (Å²) in [5.74, 6) is 0.779. The molecule has 2 heterocycles. The molecule has 0 aliphatic carbocycles. The number of hydrogen-bond acceptors (Lipinski definition) is 5. The van der Waals surface area contributed by atoms with Gasteiger partial charge in [-0.3, -0.25) is 4.79 Å². The molecule has 1 atom stereocenters. The number of carbonyl (C=O) groups excluding carboxylic acids is 1. The molecule has 1 aliphatic rings. The number of pyridine rings is 1. The molecule has 0 spiro atoms. The Bertz CT molecular complexity index is 419. The van der Waals surface area contributed by atoms with Gasteiger partial charge in [0, 0.05) is 25.8 Å². The lowest BCUT2D eigenvalue weighted by molar-refractivity contribution is -0.148. The van der Waals surface area contributed by atoms with E-state index in [1.54, 1.807) is 6.20 Å². The molecule has 1 aromatic rings. The number of carbonyl (C=O) groups is 1. The predicted molar refractivity (Wildman–Crippen MR) is 73.7 cm³/mol. The first-order valence-corrected chi connectivity index (χ1v) is 6.81. The highest BCUT2D eigenvalue weighted by Gasteiger charge is 2.27. The molecule has 0 aromatic carbocycles. The molecule has 0 saturated carbocycles. The second-order valence-electron chi connectivity index (χ2n) is 4.77. The zero-order valence-corrected chi connectivity index (χ0v) is 11.3. The molecule has 1 unspecified atom stereocenters. The maximum atomic E-state index is 11.8. The van der Waals surface area contributed by atoms with Crippen molar-refractivity contribution in [2.45, 2.75) is 26.3 Å². The highest BCUT2D eigenvalue weighted by atomic mass is 16.5. The van der Waals surface area contributed by atoms with E-state index in [0.717, 1.165) is 30.8 Å². The molecule has 19 heavy (non-hydrogen) atoms. The number of anilines is 1. The molecule has 1 saturated heterocycles. The first-order valence-electron chi connectivity index (χ1n) is 6.81. The van der Waals surface area contributed by atoms with Gasteiger partial charge in [0.15, 0.2) is 0 Å². The summed E-state index contributed by atoms with van der Waals surface area (Å²) >= 11 is 0. The summed E-state index contributed by atoms with van der Waals surface area (Å²) in [6, 6.07) is 3.95. The number of nitrogens with two attached hydrogens (primary N) is 1. The lowest BCUT2D eigenvalue weighted by Gasteiger charge is -2.32. The number of esters is 1. The van der Waals surface area contributed by atoms with Crippen molar-refractivity contribution >= 4 is 11.8 Å². The first-order chi connectivity index (χ1) is 9.24. The molecule has 2 N–H and O–H groups in total. The van der Waals surface area contributed by atoms with Gasteiger partial charge in [0.25, 0.3) is 0 Å². The maximum Gasteiger partial charge on any atom is 0.310 e. The van der Waals surface area contributed by atoms with E-state index in [4.69, 9.17) is 10.5 Å². The molecule has 104 valence electrons. The molecular formula is C14H21N3O2. The molecule has 1 fully saturated rings. The van der Waals surface area contributed by atoms with Crippen LogP contribution in [0.5, 0.6) is 0 Å². The molecule has 0 bridgehead atoms. The fourth-order valence-corrected chi connectivity index (χ4v) is 2.36. The zero-order valence-electron chi connectivity index (χ0n) is 11.3. The van der Waals surface area contributed by atoms with Gasteiger partial charge in [0.2, 0.25) is 0 Å². The molecular weight excluding hydrogens is 242 g/mol. The molecule has 0 radical (unpaired) electrons. The van der Waals surface area contributed by atoms with Crippen LogP contribution in [-0.4, -0.2) is 30.6 Å². The van der Waals surface area contributed by atoms with Crippen molar-refractivity contribution in [3.63, 3.8) is 0 Å². The van der Waals surface area contributed by atoms with E-state index >= 15 is 0 Å². The van der Waals surface area contributed by atoms with Crippen molar-refractivity contribution in [1.82, 2.24) is 4.98 Å². The van der Waals surface area contributed by atoms with Gasteiger partial charge >= 0.3 is 5.97 Å². The van der Waals surface area contributed by atoms with E-state index < -0.39 is 0 Å². The van der Waals surface area contributed by atoms with E-state index in [0.29, 0.717) is 19.7 Å². The summed E-state index contributed by atoms with van der Waals surface area (Å²) in [5, 5.41) is 0. The van der Waals surface area contributed by atoms with Crippen LogP contribution in [0.15, 0.2) is 18.3 Å². The molecule has 1 aliphatic heterocycles. The SMILES string of the molecule is CCOC(=O)C1CCCN(c2ccc(CN)cn2)C1. The third-order valence-corrected chi connectivity index (χ3v) is 3.41. The Morgan fingerprint density at radius 1 is 1.58 bits per heavy atom. The highest BCUT2D eigenvalue weighted by molar-refractivity contribution is 5.73. The van der Waals surface area contributed by atoms with E-state index in [-0.39, 0.29) is 11.9 Å². The van der Waals surface area contributed by atoms with Crippen LogP contribution in [0.1, 0.15) is 25.3 Å². The second-order valence-corrected chi connectivity index (χ2v) is 4.77. The van der Waals surface area contributed by atoms with Crippen LogP contribution in [0.25, 0.3) is 0 Å². The molecule has 0 amide bonds. The number of aromatic nitrogens is 1. The van der Waals surface area contributed by atoms with Gasteiger partial charge in [0.1, 0.15) is 5.82 Å². The van der Waals surface area contributed by atoms with Crippen molar-refractivity contribution in [1.29, 1.82) is 0 Å². The van der Waals surface area contributed by atoms with Gasteiger partial charge in [0.05, 0.1) is 12.5 Å². The minimum atomic E-state index is -0.0919. The Balaban J connectivity index is 2.01. The lowest BCUT2D eigenvalue weighted by atomic mass is 9.98. The van der Waals surface area contributed by atoms with Gasteiger partial charge < -0.3 is 15.4 Å². The lowest BCUT2D eigenvalue weighted by Crippen LogP contribution is -2.39. The average molecular weight is 263 g/mol. The fourth-order valence-electron chi connectivity index (χ4n) is 2.36. The third kappa shape index (κ3) is 3.44. The van der Waals surface area contributed by atoms with Crippen LogP contribution in [0.4, 0.5) is 5.82 Å². The number of ether oxygens (including phenoxy) is 1. The number of hydrogen-bond donors (Lipinski definition) is 1. The van der Waals surface area contributed by atoms with E-state index in [2.05, 4.69) is 9.88 Å². The minimum Gasteiger partial charge on any atom is -0.466 e. The first kappa shape index (κ1) is 13.8. The van der Waals surface area contributed by atoms with Gasteiger partial charge in [-0.25, -0.2) is 4.98 Å². The third-order valence-electron chi connectivity index (χ3n) is 3.41. The molecule has 5 heteroatoms. The van der Waals surface area contributed by atoms with Crippen LogP contribution in [-0.2, 0) is 16.1 Å². The maximum absolute atomic E-state index is 11.8. The summed E-state index contributed by atoms with van der Waals surface area (Å²) in [6.45, 7) is 4.40. The monoisotopic (exact) mass is 263 g/mol. The van der Waals surface area contributed by atoms with Crippen LogP contribution < -0.4 is 10.6 Å². The van der Waals surface area contributed by atoms with Crippen molar-refractivity contribution in [3.05, 3.63) is 23.9 Å². The zero-order chi connectivity index (χ0) is 13.7. The Morgan fingerprint density at radius 3 is 3.05 bits per heavy atom. The van der Waals surface area contributed by atoms with Crippen LogP contribution >= 0.6 is 0 Å². The van der Waals surface area contributed by atoms with Crippen molar-refractivity contribution in [3.8, 4) is 0 Å².